The molecule has 0 radical (unpaired) electrons. The van der Waals surface area contributed by atoms with E-state index < -0.39 is 0 Å². The van der Waals surface area contributed by atoms with Gasteiger partial charge in [0.2, 0.25) is 0 Å². The van der Waals surface area contributed by atoms with Crippen LogP contribution in [0, 0.1) is 11.3 Å². The molecule has 1 aliphatic carbocycles. The van der Waals surface area contributed by atoms with E-state index in [1.165, 1.54) is 31.2 Å². The van der Waals surface area contributed by atoms with Crippen molar-refractivity contribution in [2.24, 2.45) is 17.1 Å². The van der Waals surface area contributed by atoms with Crippen LogP contribution in [0.1, 0.15) is 38.2 Å². The van der Waals surface area contributed by atoms with Crippen LogP contribution < -0.4 is 5.73 Å². The van der Waals surface area contributed by atoms with Crippen LogP contribution in [0.3, 0.4) is 0 Å². The predicted octanol–water partition coefficient (Wildman–Crippen LogP) is 4.04. The SMILES string of the molecule is CCC1CCC(CN)(Cc2ccc(Cl)cc2)C1. The summed E-state index contributed by atoms with van der Waals surface area (Å²) in [6.07, 6.45) is 6.33. The molecule has 1 nitrogen and oxygen atoms in total. The van der Waals surface area contributed by atoms with Gasteiger partial charge in [-0.05, 0) is 61.3 Å². The van der Waals surface area contributed by atoms with E-state index in [-0.39, 0.29) is 0 Å². The third-order valence-electron chi connectivity index (χ3n) is 4.31. The van der Waals surface area contributed by atoms with Crippen LogP contribution in [0.15, 0.2) is 24.3 Å². The molecule has 1 aromatic carbocycles. The first kappa shape index (κ1) is 12.9. The molecule has 2 atom stereocenters. The van der Waals surface area contributed by atoms with E-state index >= 15 is 0 Å². The summed E-state index contributed by atoms with van der Waals surface area (Å²) in [4.78, 5) is 0. The molecule has 1 aromatic rings. The minimum absolute atomic E-state index is 0.342. The van der Waals surface area contributed by atoms with Crippen LogP contribution in [0.2, 0.25) is 5.02 Å². The third-order valence-corrected chi connectivity index (χ3v) is 4.56. The lowest BCUT2D eigenvalue weighted by Gasteiger charge is -2.28. The van der Waals surface area contributed by atoms with E-state index in [2.05, 4.69) is 19.1 Å². The molecule has 2 heteroatoms. The first-order chi connectivity index (χ1) is 8.17. The summed E-state index contributed by atoms with van der Waals surface area (Å²) in [6.45, 7) is 3.10. The third kappa shape index (κ3) is 3.02. The highest BCUT2D eigenvalue weighted by atomic mass is 35.5. The fourth-order valence-corrected chi connectivity index (χ4v) is 3.25. The summed E-state index contributed by atoms with van der Waals surface area (Å²) in [6, 6.07) is 8.23. The summed E-state index contributed by atoms with van der Waals surface area (Å²) in [5.74, 6) is 0.880. The van der Waals surface area contributed by atoms with Gasteiger partial charge in [0.05, 0.1) is 0 Å². The fourth-order valence-electron chi connectivity index (χ4n) is 3.13. The fraction of sp³-hybridized carbons (Fsp3) is 0.600. The Bertz CT molecular complexity index is 360. The number of hydrogen-bond donors (Lipinski definition) is 1. The van der Waals surface area contributed by atoms with Crippen molar-refractivity contribution in [1.82, 2.24) is 0 Å². The van der Waals surface area contributed by atoms with Crippen LogP contribution in [0.5, 0.6) is 0 Å². The zero-order valence-corrected chi connectivity index (χ0v) is 11.3. The summed E-state index contributed by atoms with van der Waals surface area (Å²) in [7, 11) is 0. The van der Waals surface area contributed by atoms with Gasteiger partial charge in [-0.3, -0.25) is 0 Å². The minimum atomic E-state index is 0.342. The van der Waals surface area contributed by atoms with E-state index in [9.17, 15) is 0 Å². The zero-order chi connectivity index (χ0) is 12.3. The molecule has 2 unspecified atom stereocenters. The van der Waals surface area contributed by atoms with Gasteiger partial charge in [-0.25, -0.2) is 0 Å². The highest BCUT2D eigenvalue weighted by Crippen LogP contribution is 2.44. The van der Waals surface area contributed by atoms with E-state index in [1.807, 2.05) is 12.1 Å². The van der Waals surface area contributed by atoms with Gasteiger partial charge in [-0.2, -0.15) is 0 Å². The molecule has 2 N–H and O–H groups in total. The lowest BCUT2D eigenvalue weighted by Crippen LogP contribution is -2.30. The average molecular weight is 252 g/mol. The molecule has 2 rings (SSSR count). The second-order valence-electron chi connectivity index (χ2n) is 5.52. The van der Waals surface area contributed by atoms with Crippen molar-refractivity contribution in [3.8, 4) is 0 Å². The van der Waals surface area contributed by atoms with Crippen molar-refractivity contribution >= 4 is 11.6 Å². The smallest absolute Gasteiger partial charge is 0.0406 e. The molecule has 17 heavy (non-hydrogen) atoms. The summed E-state index contributed by atoms with van der Waals surface area (Å²) in [5, 5.41) is 0.813. The van der Waals surface area contributed by atoms with Crippen molar-refractivity contribution < 1.29 is 0 Å². The van der Waals surface area contributed by atoms with Crippen LogP contribution >= 0.6 is 11.6 Å². The van der Waals surface area contributed by atoms with E-state index in [4.69, 9.17) is 17.3 Å². The van der Waals surface area contributed by atoms with Crippen molar-refractivity contribution in [2.45, 2.75) is 39.0 Å². The highest BCUT2D eigenvalue weighted by molar-refractivity contribution is 6.30. The van der Waals surface area contributed by atoms with Crippen LogP contribution in [-0.4, -0.2) is 6.54 Å². The van der Waals surface area contributed by atoms with E-state index in [1.54, 1.807) is 0 Å². The second-order valence-corrected chi connectivity index (χ2v) is 5.96. The minimum Gasteiger partial charge on any atom is -0.330 e. The zero-order valence-electron chi connectivity index (χ0n) is 10.6. The number of rotatable bonds is 4. The predicted molar refractivity (Wildman–Crippen MR) is 74.3 cm³/mol. The van der Waals surface area contributed by atoms with Gasteiger partial charge >= 0.3 is 0 Å². The van der Waals surface area contributed by atoms with Crippen molar-refractivity contribution in [2.75, 3.05) is 6.54 Å². The van der Waals surface area contributed by atoms with Gasteiger partial charge in [0.25, 0.3) is 0 Å². The number of nitrogens with two attached hydrogens (primary N) is 1. The van der Waals surface area contributed by atoms with Gasteiger partial charge in [-0.1, -0.05) is 37.1 Å². The number of hydrogen-bond acceptors (Lipinski definition) is 1. The number of benzene rings is 1. The molecule has 1 fully saturated rings. The average Bonchev–Trinajstić information content (AvgIpc) is 2.76. The van der Waals surface area contributed by atoms with Crippen LogP contribution in [0.4, 0.5) is 0 Å². The topological polar surface area (TPSA) is 26.0 Å². The van der Waals surface area contributed by atoms with Crippen LogP contribution in [-0.2, 0) is 6.42 Å². The number of halogens is 1. The molecule has 0 aromatic heterocycles. The molecule has 0 saturated heterocycles. The second kappa shape index (κ2) is 5.41. The van der Waals surface area contributed by atoms with Crippen molar-refractivity contribution in [3.05, 3.63) is 34.9 Å². The largest absolute Gasteiger partial charge is 0.330 e. The van der Waals surface area contributed by atoms with Crippen molar-refractivity contribution in [3.63, 3.8) is 0 Å². The molecule has 0 bridgehead atoms. The molecule has 0 amide bonds. The molecule has 0 heterocycles. The molecular weight excluding hydrogens is 230 g/mol. The summed E-state index contributed by atoms with van der Waals surface area (Å²) < 4.78 is 0. The molecule has 0 aliphatic heterocycles. The first-order valence-corrected chi connectivity index (χ1v) is 7.00. The molecule has 1 saturated carbocycles. The summed E-state index contributed by atoms with van der Waals surface area (Å²) in [5.41, 5.74) is 7.75. The van der Waals surface area contributed by atoms with Gasteiger partial charge in [-0.15, -0.1) is 0 Å². The first-order valence-electron chi connectivity index (χ1n) is 6.62. The standard InChI is InChI=1S/C15H22ClN/c1-2-12-7-8-15(9-12,11-17)10-13-3-5-14(16)6-4-13/h3-6,12H,2,7-11,17H2,1H3. The van der Waals surface area contributed by atoms with Gasteiger partial charge in [0.15, 0.2) is 0 Å². The van der Waals surface area contributed by atoms with E-state index in [0.29, 0.717) is 5.41 Å². The monoisotopic (exact) mass is 251 g/mol. The van der Waals surface area contributed by atoms with Gasteiger partial charge < -0.3 is 5.73 Å². The lowest BCUT2D eigenvalue weighted by atomic mass is 9.79. The quantitative estimate of drug-likeness (QED) is 0.859. The molecule has 94 valence electrons. The summed E-state index contributed by atoms with van der Waals surface area (Å²) >= 11 is 5.92. The van der Waals surface area contributed by atoms with E-state index in [0.717, 1.165) is 23.9 Å². The maximum absolute atomic E-state index is 6.04. The Balaban J connectivity index is 2.07. The Labute approximate surface area is 109 Å². The van der Waals surface area contributed by atoms with Crippen molar-refractivity contribution in [1.29, 1.82) is 0 Å². The maximum atomic E-state index is 6.04. The highest BCUT2D eigenvalue weighted by Gasteiger charge is 2.37. The molecular formula is C15H22ClN. The Hall–Kier alpha value is -0.530. The van der Waals surface area contributed by atoms with Gasteiger partial charge in [0.1, 0.15) is 0 Å². The molecule has 1 aliphatic rings. The Morgan fingerprint density at radius 3 is 2.59 bits per heavy atom. The maximum Gasteiger partial charge on any atom is 0.0406 e. The Kier molecular flexibility index (Phi) is 4.11. The Morgan fingerprint density at radius 2 is 2.06 bits per heavy atom. The lowest BCUT2D eigenvalue weighted by molar-refractivity contribution is 0.290. The molecule has 0 spiro atoms. The normalized spacial score (nSPS) is 28.5. The Morgan fingerprint density at radius 1 is 1.35 bits per heavy atom. The van der Waals surface area contributed by atoms with Crippen LogP contribution in [0.25, 0.3) is 0 Å². The van der Waals surface area contributed by atoms with Gasteiger partial charge in [0, 0.05) is 5.02 Å².